The molecule has 2 aromatic rings. The van der Waals surface area contributed by atoms with Gasteiger partial charge in [0.25, 0.3) is 0 Å². The normalized spacial score (nSPS) is 17.2. The molecule has 2 aliphatic rings. The number of fused-ring (bicyclic) bond motifs is 1. The van der Waals surface area contributed by atoms with Crippen molar-refractivity contribution in [3.05, 3.63) is 46.1 Å². The van der Waals surface area contributed by atoms with Crippen molar-refractivity contribution in [1.82, 2.24) is 14.9 Å². The molecule has 154 valence electrons. The molecule has 0 saturated carbocycles. The first kappa shape index (κ1) is 19.9. The number of nitrogens with zero attached hydrogens (tertiary/aromatic N) is 4. The summed E-state index contributed by atoms with van der Waals surface area (Å²) in [5.41, 5.74) is 2.53. The van der Waals surface area contributed by atoms with Crippen LogP contribution < -0.4 is 10.2 Å². The summed E-state index contributed by atoms with van der Waals surface area (Å²) in [5.74, 6) is 1.96. The number of carbonyl (C=O) groups is 1. The second kappa shape index (κ2) is 8.14. The fourth-order valence-electron chi connectivity index (χ4n) is 3.95. The fraction of sp³-hybridized carbons (Fsp3) is 0.476. The van der Waals surface area contributed by atoms with E-state index in [1.54, 1.807) is 4.90 Å². The third-order valence-electron chi connectivity index (χ3n) is 5.69. The lowest BCUT2D eigenvalue weighted by Crippen LogP contribution is -2.41. The third-order valence-corrected chi connectivity index (χ3v) is 5.98. The van der Waals surface area contributed by atoms with E-state index in [0.717, 1.165) is 54.7 Å². The lowest BCUT2D eigenvalue weighted by Gasteiger charge is -2.36. The van der Waals surface area contributed by atoms with E-state index < -0.39 is 5.82 Å². The maximum Gasteiger partial charge on any atom is 0.322 e. The Balaban J connectivity index is 1.54. The van der Waals surface area contributed by atoms with Gasteiger partial charge in [-0.15, -0.1) is 0 Å². The van der Waals surface area contributed by atoms with E-state index in [1.165, 1.54) is 18.2 Å². The molecule has 0 bridgehead atoms. The summed E-state index contributed by atoms with van der Waals surface area (Å²) in [6, 6.07) is 3.93. The van der Waals surface area contributed by atoms with E-state index >= 15 is 0 Å². The number of rotatable bonds is 2. The summed E-state index contributed by atoms with van der Waals surface area (Å²) in [6.45, 7) is 7.19. The predicted octanol–water partition coefficient (Wildman–Crippen LogP) is 4.40. The average Bonchev–Trinajstić information content (AvgIpc) is 2.70. The molecule has 1 aromatic carbocycles. The first-order valence-electron chi connectivity index (χ1n) is 10.0. The minimum Gasteiger partial charge on any atom is -0.356 e. The number of benzene rings is 1. The van der Waals surface area contributed by atoms with Gasteiger partial charge in [-0.05, 0) is 43.9 Å². The summed E-state index contributed by atoms with van der Waals surface area (Å²) in [6.07, 6.45) is 2.98. The van der Waals surface area contributed by atoms with Gasteiger partial charge in [0.2, 0.25) is 0 Å². The molecule has 2 amide bonds. The zero-order chi connectivity index (χ0) is 20.5. The van der Waals surface area contributed by atoms with Gasteiger partial charge in [-0.1, -0.05) is 18.5 Å². The van der Waals surface area contributed by atoms with Crippen molar-refractivity contribution in [2.45, 2.75) is 39.7 Å². The second-order valence-electron chi connectivity index (χ2n) is 7.92. The van der Waals surface area contributed by atoms with Crippen molar-refractivity contribution in [2.75, 3.05) is 29.9 Å². The molecule has 1 saturated heterocycles. The number of carbonyl (C=O) groups excluding carboxylic acids is 1. The van der Waals surface area contributed by atoms with E-state index in [0.29, 0.717) is 25.2 Å². The van der Waals surface area contributed by atoms with Crippen LogP contribution in [0.2, 0.25) is 5.02 Å². The molecule has 0 unspecified atom stereocenters. The minimum atomic E-state index is -0.510. The van der Waals surface area contributed by atoms with Gasteiger partial charge in [-0.25, -0.2) is 19.2 Å². The maximum absolute atomic E-state index is 13.4. The van der Waals surface area contributed by atoms with Gasteiger partial charge in [-0.2, -0.15) is 0 Å². The Morgan fingerprint density at radius 3 is 2.72 bits per heavy atom. The third kappa shape index (κ3) is 4.29. The van der Waals surface area contributed by atoms with Crippen molar-refractivity contribution >= 4 is 29.1 Å². The Morgan fingerprint density at radius 1 is 1.24 bits per heavy atom. The van der Waals surface area contributed by atoms with Crippen molar-refractivity contribution in [3.63, 3.8) is 0 Å². The molecule has 4 rings (SSSR count). The molecule has 8 heteroatoms. The van der Waals surface area contributed by atoms with Gasteiger partial charge in [0, 0.05) is 37.3 Å². The van der Waals surface area contributed by atoms with Crippen LogP contribution >= 0.6 is 11.6 Å². The van der Waals surface area contributed by atoms with Crippen LogP contribution in [0.1, 0.15) is 36.8 Å². The maximum atomic E-state index is 13.4. The van der Waals surface area contributed by atoms with Crippen LogP contribution in [0.15, 0.2) is 18.2 Å². The molecule has 2 aliphatic heterocycles. The van der Waals surface area contributed by atoms with Crippen molar-refractivity contribution < 1.29 is 9.18 Å². The van der Waals surface area contributed by atoms with Gasteiger partial charge in [0.15, 0.2) is 0 Å². The number of amides is 2. The zero-order valence-corrected chi connectivity index (χ0v) is 17.5. The molecule has 1 aromatic heterocycles. The molecule has 0 spiro atoms. The standard InChI is InChI=1S/C21H25ClFN5O/c1-13-5-8-27(9-6-13)20-16-12-28(10-7-19(16)24-14(2)25-20)21(29)26-15-3-4-18(23)17(22)11-15/h3-4,11,13H,5-10,12H2,1-2H3,(H,26,29). The summed E-state index contributed by atoms with van der Waals surface area (Å²) >= 11 is 5.82. The summed E-state index contributed by atoms with van der Waals surface area (Å²) in [4.78, 5) is 26.2. The Labute approximate surface area is 175 Å². The summed E-state index contributed by atoms with van der Waals surface area (Å²) in [5, 5.41) is 2.79. The lowest BCUT2D eigenvalue weighted by molar-refractivity contribution is 0.206. The van der Waals surface area contributed by atoms with Crippen LogP contribution in [-0.4, -0.2) is 40.5 Å². The molecular weight excluding hydrogens is 393 g/mol. The van der Waals surface area contributed by atoms with Crippen LogP contribution in [0.5, 0.6) is 0 Å². The number of aryl methyl sites for hydroxylation is 1. The van der Waals surface area contributed by atoms with E-state index in [4.69, 9.17) is 16.6 Å². The SMILES string of the molecule is Cc1nc2c(c(N3CCC(C)CC3)n1)CN(C(=O)Nc1ccc(F)c(Cl)c1)CC2. The van der Waals surface area contributed by atoms with Gasteiger partial charge in [0.05, 0.1) is 17.3 Å². The Hall–Kier alpha value is -2.41. The highest BCUT2D eigenvalue weighted by molar-refractivity contribution is 6.31. The van der Waals surface area contributed by atoms with E-state index in [9.17, 15) is 9.18 Å². The first-order valence-corrected chi connectivity index (χ1v) is 10.4. The second-order valence-corrected chi connectivity index (χ2v) is 8.33. The quantitative estimate of drug-likeness (QED) is 0.786. The topological polar surface area (TPSA) is 61.4 Å². The molecule has 3 heterocycles. The largest absolute Gasteiger partial charge is 0.356 e. The number of piperidine rings is 1. The zero-order valence-electron chi connectivity index (χ0n) is 16.7. The number of aromatic nitrogens is 2. The monoisotopic (exact) mass is 417 g/mol. The van der Waals surface area contributed by atoms with Gasteiger partial charge in [0.1, 0.15) is 17.5 Å². The summed E-state index contributed by atoms with van der Waals surface area (Å²) < 4.78 is 13.4. The smallest absolute Gasteiger partial charge is 0.322 e. The molecule has 1 N–H and O–H groups in total. The minimum absolute atomic E-state index is 0.0164. The van der Waals surface area contributed by atoms with E-state index in [-0.39, 0.29) is 11.1 Å². The number of nitrogens with one attached hydrogen (secondary N) is 1. The highest BCUT2D eigenvalue weighted by Crippen LogP contribution is 2.30. The van der Waals surface area contributed by atoms with Crippen molar-refractivity contribution in [3.8, 4) is 0 Å². The molecule has 6 nitrogen and oxygen atoms in total. The summed E-state index contributed by atoms with van der Waals surface area (Å²) in [7, 11) is 0. The van der Waals surface area contributed by atoms with Crippen LogP contribution in [0, 0.1) is 18.7 Å². The van der Waals surface area contributed by atoms with Crippen molar-refractivity contribution in [2.24, 2.45) is 5.92 Å². The highest BCUT2D eigenvalue weighted by Gasteiger charge is 2.28. The van der Waals surface area contributed by atoms with E-state index in [2.05, 4.69) is 22.1 Å². The molecule has 0 atom stereocenters. The molecule has 0 aliphatic carbocycles. The first-order chi connectivity index (χ1) is 13.9. The average molecular weight is 418 g/mol. The Morgan fingerprint density at radius 2 is 2.00 bits per heavy atom. The predicted molar refractivity (Wildman–Crippen MR) is 112 cm³/mol. The van der Waals surface area contributed by atoms with Gasteiger partial charge in [-0.3, -0.25) is 0 Å². The lowest BCUT2D eigenvalue weighted by atomic mass is 9.98. The van der Waals surface area contributed by atoms with Crippen LogP contribution in [0.3, 0.4) is 0 Å². The molecule has 1 fully saturated rings. The highest BCUT2D eigenvalue weighted by atomic mass is 35.5. The number of anilines is 2. The molecule has 29 heavy (non-hydrogen) atoms. The van der Waals surface area contributed by atoms with Gasteiger partial charge < -0.3 is 15.1 Å². The van der Waals surface area contributed by atoms with E-state index in [1.807, 2.05) is 6.92 Å². The number of hydrogen-bond donors (Lipinski definition) is 1. The number of halogens is 2. The fourth-order valence-corrected chi connectivity index (χ4v) is 4.13. The Bertz CT molecular complexity index is 930. The Kier molecular flexibility index (Phi) is 5.58. The number of hydrogen-bond acceptors (Lipinski definition) is 4. The molecular formula is C21H25ClFN5O. The van der Waals surface area contributed by atoms with Crippen LogP contribution in [0.25, 0.3) is 0 Å². The van der Waals surface area contributed by atoms with Crippen LogP contribution in [0.4, 0.5) is 20.7 Å². The molecule has 0 radical (unpaired) electrons. The van der Waals surface area contributed by atoms with Gasteiger partial charge >= 0.3 is 6.03 Å². The van der Waals surface area contributed by atoms with Crippen molar-refractivity contribution in [1.29, 1.82) is 0 Å². The number of urea groups is 1. The van der Waals surface area contributed by atoms with Crippen LogP contribution in [-0.2, 0) is 13.0 Å².